The zero-order valence-electron chi connectivity index (χ0n) is 35.5. The van der Waals surface area contributed by atoms with Crippen LogP contribution in [0.4, 0.5) is 0 Å². The summed E-state index contributed by atoms with van der Waals surface area (Å²) in [6.07, 6.45) is 0. The Morgan fingerprint density at radius 1 is 0.328 bits per heavy atom. The Morgan fingerprint density at radius 3 is 1.50 bits per heavy atom. The first-order chi connectivity index (χ1) is 31.5. The monoisotopic (exact) mass is 819 g/mol. The average molecular weight is 820 g/mol. The third-order valence-corrected chi connectivity index (χ3v) is 13.0. The molecule has 0 saturated carbocycles. The van der Waals surface area contributed by atoms with Crippen molar-refractivity contribution in [3.05, 3.63) is 223 Å². The van der Waals surface area contributed by atoms with Gasteiger partial charge in [0.2, 0.25) is 0 Å². The lowest BCUT2D eigenvalue weighted by Gasteiger charge is -2.21. The lowest BCUT2D eigenvalue weighted by atomic mass is 9.82. The molecule has 11 aromatic rings. The Bertz CT molecular complexity index is 3550. The summed E-state index contributed by atoms with van der Waals surface area (Å²) >= 11 is 0. The number of fused-ring (bicyclic) bond motifs is 6. The van der Waals surface area contributed by atoms with E-state index < -0.39 is 0 Å². The van der Waals surface area contributed by atoms with E-state index >= 15 is 0 Å². The van der Waals surface area contributed by atoms with E-state index in [0.29, 0.717) is 17.5 Å². The molecule has 12 rings (SSSR count). The molecule has 302 valence electrons. The van der Waals surface area contributed by atoms with E-state index in [1.807, 2.05) is 18.2 Å². The first-order valence-corrected chi connectivity index (χ1v) is 21.8. The highest BCUT2D eigenvalue weighted by Crippen LogP contribution is 2.52. The number of aromatic nitrogens is 3. The molecule has 4 heteroatoms. The Labute approximate surface area is 372 Å². The van der Waals surface area contributed by atoms with E-state index in [-0.39, 0.29) is 5.41 Å². The largest absolute Gasteiger partial charge is 0.456 e. The van der Waals surface area contributed by atoms with Crippen LogP contribution in [0.3, 0.4) is 0 Å². The van der Waals surface area contributed by atoms with Gasteiger partial charge in [0.1, 0.15) is 11.2 Å². The highest BCUT2D eigenvalue weighted by Gasteiger charge is 2.36. The number of hydrogen-bond donors (Lipinski definition) is 0. The summed E-state index contributed by atoms with van der Waals surface area (Å²) in [6.45, 7) is 4.65. The molecular formula is C60H41N3O. The fraction of sp³-hybridized carbons (Fsp3) is 0.0500. The predicted molar refractivity (Wildman–Crippen MR) is 263 cm³/mol. The second-order valence-corrected chi connectivity index (χ2v) is 17.2. The van der Waals surface area contributed by atoms with Crippen molar-refractivity contribution < 1.29 is 4.42 Å². The molecule has 0 atom stereocenters. The van der Waals surface area contributed by atoms with E-state index in [0.717, 1.165) is 66.4 Å². The maximum Gasteiger partial charge on any atom is 0.164 e. The fourth-order valence-corrected chi connectivity index (χ4v) is 9.70. The molecule has 0 spiro atoms. The molecule has 0 unspecified atom stereocenters. The van der Waals surface area contributed by atoms with Crippen LogP contribution >= 0.6 is 0 Å². The SMILES string of the molecule is CC1(C)c2ccccc2-c2c(-c3cccc(-c4nc(-c5ccc(-c6ccccc6)cc5)nc(-c5ccc6c(c5)oc5cccc(-c7ccc(-c8ccccc8)cc7)c56)n4)c3)cccc21. The summed E-state index contributed by atoms with van der Waals surface area (Å²) in [5.41, 5.74) is 18.7. The van der Waals surface area contributed by atoms with E-state index in [4.69, 9.17) is 19.4 Å². The van der Waals surface area contributed by atoms with Crippen molar-refractivity contribution in [2.75, 3.05) is 0 Å². The van der Waals surface area contributed by atoms with Gasteiger partial charge in [-0.3, -0.25) is 0 Å². The Hall–Kier alpha value is -8.21. The third-order valence-electron chi connectivity index (χ3n) is 13.0. The molecule has 0 saturated heterocycles. The van der Waals surface area contributed by atoms with Crippen LogP contribution in [0.5, 0.6) is 0 Å². The Balaban J connectivity index is 0.973. The summed E-state index contributed by atoms with van der Waals surface area (Å²) in [5.74, 6) is 1.79. The van der Waals surface area contributed by atoms with Gasteiger partial charge in [0.05, 0.1) is 0 Å². The van der Waals surface area contributed by atoms with Gasteiger partial charge in [-0.15, -0.1) is 0 Å². The Morgan fingerprint density at radius 2 is 0.797 bits per heavy atom. The number of nitrogens with zero attached hydrogens (tertiary/aromatic N) is 3. The topological polar surface area (TPSA) is 51.8 Å². The molecule has 0 bridgehead atoms. The van der Waals surface area contributed by atoms with Gasteiger partial charge in [0.15, 0.2) is 17.5 Å². The minimum atomic E-state index is -0.0930. The molecule has 0 N–H and O–H groups in total. The number of rotatable bonds is 7. The molecule has 0 radical (unpaired) electrons. The molecule has 1 aliphatic rings. The average Bonchev–Trinajstić information content (AvgIpc) is 3.86. The highest BCUT2D eigenvalue weighted by molar-refractivity contribution is 6.13. The minimum absolute atomic E-state index is 0.0930. The van der Waals surface area contributed by atoms with Crippen LogP contribution in [0, 0.1) is 0 Å². The first kappa shape index (κ1) is 37.5. The summed E-state index contributed by atoms with van der Waals surface area (Å²) in [6, 6.07) is 74.9. The molecule has 2 heterocycles. The second-order valence-electron chi connectivity index (χ2n) is 17.2. The van der Waals surface area contributed by atoms with E-state index in [1.165, 1.54) is 38.9 Å². The number of hydrogen-bond acceptors (Lipinski definition) is 4. The van der Waals surface area contributed by atoms with Crippen LogP contribution in [0.1, 0.15) is 25.0 Å². The van der Waals surface area contributed by atoms with Gasteiger partial charge in [-0.2, -0.15) is 0 Å². The van der Waals surface area contributed by atoms with Gasteiger partial charge in [0.25, 0.3) is 0 Å². The van der Waals surface area contributed by atoms with Crippen molar-refractivity contribution in [3.8, 4) is 89.8 Å². The van der Waals surface area contributed by atoms with Gasteiger partial charge in [-0.05, 0) is 91.0 Å². The highest BCUT2D eigenvalue weighted by atomic mass is 16.3. The van der Waals surface area contributed by atoms with Crippen molar-refractivity contribution in [1.29, 1.82) is 0 Å². The van der Waals surface area contributed by atoms with E-state index in [2.05, 4.69) is 208 Å². The van der Waals surface area contributed by atoms with Crippen molar-refractivity contribution in [2.24, 2.45) is 0 Å². The zero-order chi connectivity index (χ0) is 42.8. The van der Waals surface area contributed by atoms with Crippen LogP contribution in [0.2, 0.25) is 0 Å². The van der Waals surface area contributed by atoms with E-state index in [9.17, 15) is 0 Å². The summed E-state index contributed by atoms with van der Waals surface area (Å²) in [4.78, 5) is 15.6. The van der Waals surface area contributed by atoms with Crippen molar-refractivity contribution >= 4 is 21.9 Å². The van der Waals surface area contributed by atoms with Crippen molar-refractivity contribution in [2.45, 2.75) is 19.3 Å². The van der Waals surface area contributed by atoms with Crippen LogP contribution in [0.25, 0.3) is 112 Å². The molecule has 0 amide bonds. The van der Waals surface area contributed by atoms with E-state index in [1.54, 1.807) is 0 Å². The summed E-state index contributed by atoms with van der Waals surface area (Å²) < 4.78 is 6.62. The van der Waals surface area contributed by atoms with Gasteiger partial charge in [0, 0.05) is 32.9 Å². The summed E-state index contributed by atoms with van der Waals surface area (Å²) in [5, 5.41) is 2.13. The minimum Gasteiger partial charge on any atom is -0.456 e. The zero-order valence-corrected chi connectivity index (χ0v) is 35.5. The molecule has 0 fully saturated rings. The van der Waals surface area contributed by atoms with Crippen molar-refractivity contribution in [3.63, 3.8) is 0 Å². The lowest BCUT2D eigenvalue weighted by molar-refractivity contribution is 0.660. The fourth-order valence-electron chi connectivity index (χ4n) is 9.70. The maximum absolute atomic E-state index is 6.62. The third kappa shape index (κ3) is 6.34. The second kappa shape index (κ2) is 15.0. The normalized spacial score (nSPS) is 12.7. The molecule has 4 nitrogen and oxygen atoms in total. The number of benzene rings is 9. The van der Waals surface area contributed by atoms with Gasteiger partial charge in [-0.1, -0.05) is 202 Å². The van der Waals surface area contributed by atoms with Crippen molar-refractivity contribution in [1.82, 2.24) is 15.0 Å². The molecule has 2 aromatic heterocycles. The quantitative estimate of drug-likeness (QED) is 0.161. The number of furan rings is 1. The van der Waals surface area contributed by atoms with Crippen LogP contribution in [-0.4, -0.2) is 15.0 Å². The van der Waals surface area contributed by atoms with Crippen LogP contribution < -0.4 is 0 Å². The molecule has 1 aliphatic carbocycles. The molecule has 0 aliphatic heterocycles. The smallest absolute Gasteiger partial charge is 0.164 e. The van der Waals surface area contributed by atoms with Gasteiger partial charge in [-0.25, -0.2) is 15.0 Å². The summed E-state index contributed by atoms with van der Waals surface area (Å²) in [7, 11) is 0. The van der Waals surface area contributed by atoms with Crippen LogP contribution in [0.15, 0.2) is 217 Å². The predicted octanol–water partition coefficient (Wildman–Crippen LogP) is 15.7. The van der Waals surface area contributed by atoms with Gasteiger partial charge < -0.3 is 4.42 Å². The standard InChI is InChI=1S/C60H41N3O/c1-60(2)51-23-10-9-20-49(51)55-48(21-12-24-52(55)60)44-18-11-19-45(36-44)58-61-57(43-32-28-41(29-33-43)39-16-7-4-8-17-39)62-59(63-58)46-34-35-50-54(37-46)64-53-25-13-22-47(56(50)53)42-30-26-40(27-31-42)38-14-5-3-6-15-38/h3-37H,1-2H3. The first-order valence-electron chi connectivity index (χ1n) is 21.8. The molecule has 9 aromatic carbocycles. The maximum atomic E-state index is 6.62. The van der Waals surface area contributed by atoms with Gasteiger partial charge >= 0.3 is 0 Å². The lowest BCUT2D eigenvalue weighted by Crippen LogP contribution is -2.14. The molecular weight excluding hydrogens is 779 g/mol. The molecule has 64 heavy (non-hydrogen) atoms. The van der Waals surface area contributed by atoms with Crippen LogP contribution in [-0.2, 0) is 5.41 Å². The Kier molecular flexibility index (Phi) is 8.80.